The first-order valence-corrected chi connectivity index (χ1v) is 11.2. The molecule has 1 saturated heterocycles. The van der Waals surface area contributed by atoms with E-state index in [9.17, 15) is 9.59 Å². The van der Waals surface area contributed by atoms with Crippen LogP contribution in [0.25, 0.3) is 5.69 Å². The van der Waals surface area contributed by atoms with Crippen molar-refractivity contribution in [2.24, 2.45) is 0 Å². The number of amides is 2. The lowest BCUT2D eigenvalue weighted by Gasteiger charge is -2.37. The van der Waals surface area contributed by atoms with Crippen LogP contribution >= 0.6 is 0 Å². The van der Waals surface area contributed by atoms with Gasteiger partial charge < -0.3 is 19.3 Å². The highest BCUT2D eigenvalue weighted by molar-refractivity contribution is 5.82. The fourth-order valence-corrected chi connectivity index (χ4v) is 4.14. The van der Waals surface area contributed by atoms with Crippen molar-refractivity contribution in [3.63, 3.8) is 0 Å². The van der Waals surface area contributed by atoms with Crippen molar-refractivity contribution >= 4 is 11.8 Å². The highest BCUT2D eigenvalue weighted by Crippen LogP contribution is 2.31. The van der Waals surface area contributed by atoms with E-state index in [4.69, 9.17) is 9.47 Å². The van der Waals surface area contributed by atoms with E-state index in [0.717, 1.165) is 11.3 Å². The first-order valence-electron chi connectivity index (χ1n) is 11.2. The number of aromatic nitrogens is 2. The van der Waals surface area contributed by atoms with E-state index in [-0.39, 0.29) is 18.4 Å². The zero-order chi connectivity index (χ0) is 22.6. The number of piperazine rings is 1. The average molecular weight is 447 g/mol. The molecule has 5 rings (SSSR count). The van der Waals surface area contributed by atoms with Crippen LogP contribution in [0.2, 0.25) is 0 Å². The Hall–Kier alpha value is -3.81. The summed E-state index contributed by atoms with van der Waals surface area (Å²) in [6.07, 6.45) is 4.18. The quantitative estimate of drug-likeness (QED) is 0.601. The lowest BCUT2D eigenvalue weighted by Crippen LogP contribution is -2.55. The number of carbonyl (C=O) groups is 2. The molecule has 3 aromatic rings. The van der Waals surface area contributed by atoms with Gasteiger partial charge in [-0.05, 0) is 36.2 Å². The molecule has 1 aromatic heterocycles. The monoisotopic (exact) mass is 446 g/mol. The summed E-state index contributed by atoms with van der Waals surface area (Å²) in [5, 5.41) is 4.39. The molecule has 0 radical (unpaired) electrons. The molecular weight excluding hydrogens is 420 g/mol. The van der Waals surface area contributed by atoms with E-state index in [1.165, 1.54) is 0 Å². The van der Waals surface area contributed by atoms with Crippen molar-refractivity contribution in [2.45, 2.75) is 18.9 Å². The van der Waals surface area contributed by atoms with Crippen molar-refractivity contribution < 1.29 is 19.1 Å². The predicted octanol–water partition coefficient (Wildman–Crippen LogP) is 2.32. The molecule has 8 nitrogen and oxygen atoms in total. The number of hydrogen-bond acceptors (Lipinski definition) is 5. The Morgan fingerprint density at radius 3 is 2.39 bits per heavy atom. The fraction of sp³-hybridized carbons (Fsp3) is 0.320. The maximum atomic E-state index is 12.9. The van der Waals surface area contributed by atoms with Crippen LogP contribution in [0, 0.1) is 0 Å². The Kier molecular flexibility index (Phi) is 5.97. The first-order chi connectivity index (χ1) is 16.2. The standard InChI is InChI=1S/C25H26N4O4/c30-24(11-10-19-16-26-29(17-19)20-6-2-1-3-7-20)27-12-14-28(15-13-27)25(31)23-18-32-21-8-4-5-9-22(21)33-23/h1-9,16-17,23H,10-15,18H2/t23-/m0/s1. The third kappa shape index (κ3) is 4.69. The number of fused-ring (bicyclic) bond motifs is 1. The minimum atomic E-state index is -0.650. The average Bonchev–Trinajstić information content (AvgIpc) is 3.36. The van der Waals surface area contributed by atoms with Crippen molar-refractivity contribution in [2.75, 3.05) is 32.8 Å². The van der Waals surface area contributed by atoms with Gasteiger partial charge in [0.25, 0.3) is 5.91 Å². The van der Waals surface area contributed by atoms with E-state index in [2.05, 4.69) is 5.10 Å². The Balaban J connectivity index is 1.09. The summed E-state index contributed by atoms with van der Waals surface area (Å²) in [6, 6.07) is 17.2. The van der Waals surface area contributed by atoms with E-state index in [0.29, 0.717) is 50.5 Å². The van der Waals surface area contributed by atoms with Gasteiger partial charge in [-0.25, -0.2) is 4.68 Å². The van der Waals surface area contributed by atoms with Crippen molar-refractivity contribution in [3.05, 3.63) is 72.6 Å². The zero-order valence-corrected chi connectivity index (χ0v) is 18.3. The largest absolute Gasteiger partial charge is 0.485 e. The van der Waals surface area contributed by atoms with Crippen LogP contribution in [-0.4, -0.2) is 70.3 Å². The SMILES string of the molecule is O=C(CCc1cnn(-c2ccccc2)c1)N1CCN(C(=O)[C@@H]2COc3ccccc3O2)CC1. The third-order valence-corrected chi connectivity index (χ3v) is 6.01. The van der Waals surface area contributed by atoms with Crippen molar-refractivity contribution in [1.29, 1.82) is 0 Å². The number of ether oxygens (including phenoxy) is 2. The molecule has 1 atom stereocenters. The van der Waals surface area contributed by atoms with Gasteiger partial charge in [0.1, 0.15) is 6.61 Å². The molecule has 0 unspecified atom stereocenters. The summed E-state index contributed by atoms with van der Waals surface area (Å²) in [4.78, 5) is 29.2. The van der Waals surface area contributed by atoms with Crippen LogP contribution in [0.5, 0.6) is 11.5 Å². The molecule has 2 amide bonds. The lowest BCUT2D eigenvalue weighted by atomic mass is 10.1. The summed E-state index contributed by atoms with van der Waals surface area (Å²) in [6.45, 7) is 2.25. The number of carbonyl (C=O) groups excluding carboxylic acids is 2. The van der Waals surface area contributed by atoms with Crippen LogP contribution in [0.4, 0.5) is 0 Å². The number of aryl methyl sites for hydroxylation is 1. The molecule has 0 saturated carbocycles. The molecular formula is C25H26N4O4. The summed E-state index contributed by atoms with van der Waals surface area (Å²) >= 11 is 0. The van der Waals surface area contributed by atoms with Crippen LogP contribution < -0.4 is 9.47 Å². The molecule has 0 N–H and O–H groups in total. The van der Waals surface area contributed by atoms with Gasteiger partial charge in [0.15, 0.2) is 11.5 Å². The second-order valence-corrected chi connectivity index (χ2v) is 8.20. The molecule has 8 heteroatoms. The Bertz CT molecular complexity index is 1120. The van der Waals surface area contributed by atoms with Crippen molar-refractivity contribution in [1.82, 2.24) is 19.6 Å². The van der Waals surface area contributed by atoms with Gasteiger partial charge in [-0.15, -0.1) is 0 Å². The minimum absolute atomic E-state index is 0.0927. The number of benzene rings is 2. The highest BCUT2D eigenvalue weighted by atomic mass is 16.6. The summed E-state index contributed by atoms with van der Waals surface area (Å²) in [5.41, 5.74) is 2.02. The topological polar surface area (TPSA) is 76.9 Å². The van der Waals surface area contributed by atoms with Gasteiger partial charge in [-0.2, -0.15) is 5.10 Å². The first kappa shape index (κ1) is 21.1. The van der Waals surface area contributed by atoms with E-state index in [1.807, 2.05) is 64.3 Å². The number of nitrogens with zero attached hydrogens (tertiary/aromatic N) is 4. The molecule has 2 aliphatic rings. The molecule has 0 spiro atoms. The second kappa shape index (κ2) is 9.36. The molecule has 33 heavy (non-hydrogen) atoms. The molecule has 170 valence electrons. The zero-order valence-electron chi connectivity index (χ0n) is 18.3. The summed E-state index contributed by atoms with van der Waals surface area (Å²) in [5.74, 6) is 1.25. The number of para-hydroxylation sites is 3. The Morgan fingerprint density at radius 2 is 1.61 bits per heavy atom. The molecule has 0 bridgehead atoms. The van der Waals surface area contributed by atoms with E-state index < -0.39 is 6.10 Å². The van der Waals surface area contributed by atoms with Gasteiger partial charge in [0.2, 0.25) is 12.0 Å². The van der Waals surface area contributed by atoms with Gasteiger partial charge in [-0.3, -0.25) is 9.59 Å². The normalized spacial score (nSPS) is 17.6. The van der Waals surface area contributed by atoms with Gasteiger partial charge >= 0.3 is 0 Å². The highest BCUT2D eigenvalue weighted by Gasteiger charge is 2.33. The Morgan fingerprint density at radius 1 is 0.909 bits per heavy atom. The molecule has 2 aliphatic heterocycles. The van der Waals surface area contributed by atoms with Gasteiger partial charge in [-0.1, -0.05) is 30.3 Å². The summed E-state index contributed by atoms with van der Waals surface area (Å²) in [7, 11) is 0. The second-order valence-electron chi connectivity index (χ2n) is 8.20. The molecule has 3 heterocycles. The van der Waals surface area contributed by atoms with Crippen LogP contribution in [0.1, 0.15) is 12.0 Å². The third-order valence-electron chi connectivity index (χ3n) is 6.01. The van der Waals surface area contributed by atoms with Crippen LogP contribution in [-0.2, 0) is 16.0 Å². The number of hydrogen-bond donors (Lipinski definition) is 0. The lowest BCUT2D eigenvalue weighted by molar-refractivity contribution is -0.146. The van der Waals surface area contributed by atoms with Gasteiger partial charge in [0, 0.05) is 38.8 Å². The number of rotatable bonds is 5. The van der Waals surface area contributed by atoms with E-state index >= 15 is 0 Å². The fourth-order valence-electron chi connectivity index (χ4n) is 4.14. The smallest absolute Gasteiger partial charge is 0.267 e. The molecule has 1 fully saturated rings. The molecule has 0 aliphatic carbocycles. The van der Waals surface area contributed by atoms with E-state index in [1.54, 1.807) is 17.2 Å². The maximum Gasteiger partial charge on any atom is 0.267 e. The maximum absolute atomic E-state index is 12.9. The predicted molar refractivity (Wildman–Crippen MR) is 121 cm³/mol. The van der Waals surface area contributed by atoms with Crippen molar-refractivity contribution in [3.8, 4) is 17.2 Å². The van der Waals surface area contributed by atoms with Crippen LogP contribution in [0.3, 0.4) is 0 Å². The van der Waals surface area contributed by atoms with Crippen LogP contribution in [0.15, 0.2) is 67.0 Å². The minimum Gasteiger partial charge on any atom is -0.485 e. The molecule has 2 aromatic carbocycles. The Labute approximate surface area is 192 Å². The summed E-state index contributed by atoms with van der Waals surface area (Å²) < 4.78 is 13.3. The van der Waals surface area contributed by atoms with Gasteiger partial charge in [0.05, 0.1) is 11.9 Å².